The van der Waals surface area contributed by atoms with Crippen LogP contribution in [0.4, 0.5) is 0 Å². The summed E-state index contributed by atoms with van der Waals surface area (Å²) in [6.45, 7) is 5.29. The third kappa shape index (κ3) is 3.50. The van der Waals surface area contributed by atoms with Crippen LogP contribution < -0.4 is 4.74 Å². The summed E-state index contributed by atoms with van der Waals surface area (Å²) in [7, 11) is 0. The molecule has 0 unspecified atom stereocenters. The molecule has 0 aliphatic carbocycles. The second kappa shape index (κ2) is 7.70. The molecular weight excluding hydrogens is 346 g/mol. The normalized spacial score (nSPS) is 10.4. The van der Waals surface area contributed by atoms with Crippen molar-refractivity contribution >= 4 is 23.2 Å². The summed E-state index contributed by atoms with van der Waals surface area (Å²) >= 11 is 0. The number of hydrogen-bond acceptors (Lipinski definition) is 5. The van der Waals surface area contributed by atoms with E-state index in [0.717, 1.165) is 6.08 Å². The topological polar surface area (TPSA) is 74.1 Å². The zero-order chi connectivity index (χ0) is 19.4. The smallest absolute Gasteiger partial charge is 0.355 e. The Balaban J connectivity index is 2.11. The molecule has 136 valence electrons. The van der Waals surface area contributed by atoms with Gasteiger partial charge in [0.15, 0.2) is 5.78 Å². The maximum absolute atomic E-state index is 13.2. The molecule has 0 saturated heterocycles. The Hall–Kier alpha value is -3.67. The molecule has 0 N–H and O–H groups in total. The second-order valence-electron chi connectivity index (χ2n) is 5.57. The molecule has 2 aromatic heterocycles. The highest BCUT2D eigenvalue weighted by atomic mass is 16.5. The number of ketones is 1. The van der Waals surface area contributed by atoms with Gasteiger partial charge in [0.25, 0.3) is 0 Å². The van der Waals surface area contributed by atoms with Crippen molar-refractivity contribution in [2.45, 2.75) is 6.92 Å². The summed E-state index contributed by atoms with van der Waals surface area (Å²) in [6, 6.07) is 13.2. The van der Waals surface area contributed by atoms with Gasteiger partial charge in [-0.3, -0.25) is 4.79 Å². The van der Waals surface area contributed by atoms with Crippen LogP contribution in [0, 0.1) is 0 Å². The highest BCUT2D eigenvalue weighted by Gasteiger charge is 2.23. The quantitative estimate of drug-likeness (QED) is 0.290. The van der Waals surface area contributed by atoms with Crippen LogP contribution in [-0.4, -0.2) is 28.7 Å². The molecular formula is C21H17NO5. The van der Waals surface area contributed by atoms with Gasteiger partial charge in [-0.2, -0.15) is 0 Å². The summed E-state index contributed by atoms with van der Waals surface area (Å²) in [6.07, 6.45) is 2.70. The van der Waals surface area contributed by atoms with Crippen molar-refractivity contribution in [3.63, 3.8) is 0 Å². The van der Waals surface area contributed by atoms with Crippen molar-refractivity contribution in [3.8, 4) is 5.75 Å². The van der Waals surface area contributed by atoms with Crippen LogP contribution in [0.2, 0.25) is 0 Å². The van der Waals surface area contributed by atoms with Crippen molar-refractivity contribution in [1.82, 2.24) is 4.40 Å². The first-order valence-electron chi connectivity index (χ1n) is 8.32. The largest absolute Gasteiger partial charge is 0.461 e. The fourth-order valence-corrected chi connectivity index (χ4v) is 2.74. The van der Waals surface area contributed by atoms with Crippen molar-refractivity contribution < 1.29 is 23.9 Å². The number of rotatable bonds is 6. The lowest BCUT2D eigenvalue weighted by Crippen LogP contribution is -2.09. The van der Waals surface area contributed by atoms with E-state index in [-0.39, 0.29) is 29.4 Å². The minimum Gasteiger partial charge on any atom is -0.461 e. The van der Waals surface area contributed by atoms with Gasteiger partial charge < -0.3 is 13.9 Å². The Bertz CT molecular complexity index is 1050. The SMILES string of the molecule is C=CC(=O)Oc1ccccc1C(=O)c1cc(C(=O)OCC)n2ccccc12. The Labute approximate surface area is 155 Å². The molecule has 3 rings (SSSR count). The van der Waals surface area contributed by atoms with Crippen molar-refractivity contribution in [1.29, 1.82) is 0 Å². The predicted molar refractivity (Wildman–Crippen MR) is 99.1 cm³/mol. The molecule has 0 radical (unpaired) electrons. The number of carbonyl (C=O) groups excluding carboxylic acids is 3. The summed E-state index contributed by atoms with van der Waals surface area (Å²) in [5, 5.41) is 0. The molecule has 0 aliphatic rings. The molecule has 0 atom stereocenters. The lowest BCUT2D eigenvalue weighted by atomic mass is 10.0. The van der Waals surface area contributed by atoms with Crippen LogP contribution in [0.5, 0.6) is 5.75 Å². The first-order valence-corrected chi connectivity index (χ1v) is 8.32. The third-order valence-corrected chi connectivity index (χ3v) is 3.91. The van der Waals surface area contributed by atoms with E-state index in [9.17, 15) is 14.4 Å². The molecule has 1 aromatic carbocycles. The Morgan fingerprint density at radius 2 is 1.81 bits per heavy atom. The first kappa shape index (κ1) is 18.1. The molecule has 27 heavy (non-hydrogen) atoms. The number of esters is 2. The average molecular weight is 363 g/mol. The van der Waals surface area contributed by atoms with Crippen molar-refractivity contribution in [3.05, 3.63) is 84.2 Å². The molecule has 0 amide bonds. The lowest BCUT2D eigenvalue weighted by Gasteiger charge is -2.07. The number of hydrogen-bond donors (Lipinski definition) is 0. The molecule has 6 nitrogen and oxygen atoms in total. The minimum atomic E-state index is -0.663. The number of aromatic nitrogens is 1. The number of para-hydroxylation sites is 1. The maximum atomic E-state index is 13.2. The fourth-order valence-electron chi connectivity index (χ4n) is 2.74. The van der Waals surface area contributed by atoms with Gasteiger partial charge in [-0.05, 0) is 37.3 Å². The number of carbonyl (C=O) groups is 3. The van der Waals surface area contributed by atoms with Gasteiger partial charge in [-0.1, -0.05) is 24.8 Å². The van der Waals surface area contributed by atoms with Crippen LogP contribution in [0.1, 0.15) is 33.3 Å². The van der Waals surface area contributed by atoms with Gasteiger partial charge in [0.05, 0.1) is 17.7 Å². The van der Waals surface area contributed by atoms with E-state index in [0.29, 0.717) is 11.1 Å². The van der Waals surface area contributed by atoms with E-state index in [1.807, 2.05) is 0 Å². The van der Waals surface area contributed by atoms with Crippen LogP contribution in [0.15, 0.2) is 67.4 Å². The van der Waals surface area contributed by atoms with Gasteiger partial charge in [0, 0.05) is 17.8 Å². The Morgan fingerprint density at radius 3 is 2.56 bits per heavy atom. The predicted octanol–water partition coefficient (Wildman–Crippen LogP) is 3.44. The average Bonchev–Trinajstić information content (AvgIpc) is 3.08. The van der Waals surface area contributed by atoms with Gasteiger partial charge in [0.1, 0.15) is 11.4 Å². The Kier molecular flexibility index (Phi) is 5.17. The maximum Gasteiger partial charge on any atom is 0.355 e. The standard InChI is InChI=1S/C21H17NO5/c1-3-19(23)27-18-11-6-5-9-14(18)20(24)15-13-17(21(25)26-4-2)22-12-8-7-10-16(15)22/h3,5-13H,1,4H2,2H3. The number of nitrogens with zero attached hydrogens (tertiary/aromatic N) is 1. The Morgan fingerprint density at radius 1 is 1.07 bits per heavy atom. The van der Waals surface area contributed by atoms with Crippen LogP contribution in [0.25, 0.3) is 5.52 Å². The lowest BCUT2D eigenvalue weighted by molar-refractivity contribution is -0.128. The molecule has 0 aliphatic heterocycles. The molecule has 6 heteroatoms. The van der Waals surface area contributed by atoms with E-state index in [1.165, 1.54) is 12.1 Å². The number of benzene rings is 1. The molecule has 3 aromatic rings. The van der Waals surface area contributed by atoms with E-state index in [2.05, 4.69) is 6.58 Å². The van der Waals surface area contributed by atoms with E-state index < -0.39 is 11.9 Å². The second-order valence-corrected chi connectivity index (χ2v) is 5.57. The minimum absolute atomic E-state index is 0.125. The molecule has 0 bridgehead atoms. The number of ether oxygens (including phenoxy) is 2. The van der Waals surface area contributed by atoms with Crippen LogP contribution >= 0.6 is 0 Å². The van der Waals surface area contributed by atoms with Crippen LogP contribution in [-0.2, 0) is 9.53 Å². The third-order valence-electron chi connectivity index (χ3n) is 3.91. The molecule has 0 fully saturated rings. The monoisotopic (exact) mass is 363 g/mol. The van der Waals surface area contributed by atoms with Crippen molar-refractivity contribution in [2.75, 3.05) is 6.61 Å². The summed E-state index contributed by atoms with van der Waals surface area (Å²) in [4.78, 5) is 37.0. The van der Waals surface area contributed by atoms with E-state index >= 15 is 0 Å². The fraction of sp³-hybridized carbons (Fsp3) is 0.0952. The van der Waals surface area contributed by atoms with Gasteiger partial charge in [-0.25, -0.2) is 9.59 Å². The summed E-state index contributed by atoms with van der Waals surface area (Å²) < 4.78 is 11.8. The zero-order valence-electron chi connectivity index (χ0n) is 14.7. The van der Waals surface area contributed by atoms with Crippen LogP contribution in [0.3, 0.4) is 0 Å². The number of pyridine rings is 1. The summed E-state index contributed by atoms with van der Waals surface area (Å²) in [5.74, 6) is -1.43. The first-order chi connectivity index (χ1) is 13.1. The number of fused-ring (bicyclic) bond motifs is 1. The van der Waals surface area contributed by atoms with Gasteiger partial charge in [0.2, 0.25) is 0 Å². The van der Waals surface area contributed by atoms with Crippen molar-refractivity contribution in [2.24, 2.45) is 0 Å². The molecule has 0 spiro atoms. The highest BCUT2D eigenvalue weighted by Crippen LogP contribution is 2.26. The van der Waals surface area contributed by atoms with Gasteiger partial charge in [-0.15, -0.1) is 0 Å². The van der Waals surface area contributed by atoms with Gasteiger partial charge >= 0.3 is 11.9 Å². The molecule has 2 heterocycles. The highest BCUT2D eigenvalue weighted by molar-refractivity contribution is 6.16. The van der Waals surface area contributed by atoms with E-state index in [4.69, 9.17) is 9.47 Å². The van der Waals surface area contributed by atoms with E-state index in [1.54, 1.807) is 53.9 Å². The zero-order valence-corrected chi connectivity index (χ0v) is 14.7. The summed E-state index contributed by atoms with van der Waals surface area (Å²) in [5.41, 5.74) is 1.31. The molecule has 0 saturated carbocycles.